The molecule has 1 amide bonds. The van der Waals surface area contributed by atoms with Crippen LogP contribution in [0.15, 0.2) is 5.16 Å². The van der Waals surface area contributed by atoms with Crippen LogP contribution in [-0.2, 0) is 9.53 Å². The molecule has 0 spiro atoms. The van der Waals surface area contributed by atoms with E-state index in [0.29, 0.717) is 24.4 Å². The van der Waals surface area contributed by atoms with E-state index in [4.69, 9.17) is 4.74 Å². The molecule has 2 fully saturated rings. The average Bonchev–Trinajstić information content (AvgIpc) is 3.29. The van der Waals surface area contributed by atoms with Gasteiger partial charge in [-0.3, -0.25) is 9.69 Å². The molecule has 1 N–H and O–H groups in total. The van der Waals surface area contributed by atoms with Crippen LogP contribution in [0.3, 0.4) is 0 Å². The zero-order valence-corrected chi connectivity index (χ0v) is 15.0. The van der Waals surface area contributed by atoms with Crippen molar-refractivity contribution in [2.45, 2.75) is 49.8 Å². The minimum absolute atomic E-state index is 0.0288. The van der Waals surface area contributed by atoms with Crippen LogP contribution < -0.4 is 5.32 Å². The Morgan fingerprint density at radius 1 is 1.38 bits per heavy atom. The Hall–Kier alpha value is -1.19. The van der Waals surface area contributed by atoms with Gasteiger partial charge in [0.1, 0.15) is 0 Å². The van der Waals surface area contributed by atoms with E-state index in [-0.39, 0.29) is 5.91 Å². The molecule has 0 radical (unpaired) electrons. The van der Waals surface area contributed by atoms with E-state index >= 15 is 0 Å². The summed E-state index contributed by atoms with van der Waals surface area (Å²) in [4.78, 5) is 14.4. The molecule has 24 heavy (non-hydrogen) atoms. The van der Waals surface area contributed by atoms with Crippen molar-refractivity contribution in [3.63, 3.8) is 0 Å². The van der Waals surface area contributed by atoms with Gasteiger partial charge in [0.15, 0.2) is 0 Å². The fourth-order valence-electron chi connectivity index (χ4n) is 3.25. The normalized spacial score (nSPS) is 21.0. The minimum Gasteiger partial charge on any atom is -0.379 e. The first kappa shape index (κ1) is 17.6. The Morgan fingerprint density at radius 2 is 2.12 bits per heavy atom. The molecule has 8 nitrogen and oxygen atoms in total. The number of carbonyl (C=O) groups excluding carboxylic acids is 1. The van der Waals surface area contributed by atoms with Crippen molar-refractivity contribution in [3.8, 4) is 0 Å². The summed E-state index contributed by atoms with van der Waals surface area (Å²) in [5, 5.41) is 15.7. The SMILES string of the molecule is CC(CNC(=O)CSc1nnnn1C1CCCC1)N1CCOCC1. The number of aromatic nitrogens is 4. The summed E-state index contributed by atoms with van der Waals surface area (Å²) < 4.78 is 7.25. The van der Waals surface area contributed by atoms with Crippen LogP contribution >= 0.6 is 11.8 Å². The molecule has 1 aliphatic heterocycles. The predicted molar refractivity (Wildman–Crippen MR) is 90.9 cm³/mol. The quantitative estimate of drug-likeness (QED) is 0.722. The monoisotopic (exact) mass is 354 g/mol. The summed E-state index contributed by atoms with van der Waals surface area (Å²) in [6, 6.07) is 0.721. The highest BCUT2D eigenvalue weighted by atomic mass is 32.2. The van der Waals surface area contributed by atoms with Crippen molar-refractivity contribution in [2.24, 2.45) is 0 Å². The highest BCUT2D eigenvalue weighted by Gasteiger charge is 2.22. The molecule has 1 unspecified atom stereocenters. The van der Waals surface area contributed by atoms with Crippen molar-refractivity contribution >= 4 is 17.7 Å². The average molecular weight is 354 g/mol. The summed E-state index contributed by atoms with van der Waals surface area (Å²) in [6.07, 6.45) is 4.72. The Bertz CT molecular complexity index is 528. The molecule has 2 heterocycles. The molecule has 1 saturated heterocycles. The predicted octanol–water partition coefficient (Wildman–Crippen LogP) is 0.717. The van der Waals surface area contributed by atoms with Crippen LogP contribution in [-0.4, -0.2) is 75.7 Å². The number of tetrazole rings is 1. The van der Waals surface area contributed by atoms with Crippen molar-refractivity contribution in [3.05, 3.63) is 0 Å². The van der Waals surface area contributed by atoms with Gasteiger partial charge in [0, 0.05) is 25.7 Å². The lowest BCUT2D eigenvalue weighted by atomic mass is 10.2. The summed E-state index contributed by atoms with van der Waals surface area (Å²) in [5.74, 6) is 0.379. The van der Waals surface area contributed by atoms with Crippen LogP contribution in [0.2, 0.25) is 0 Å². The van der Waals surface area contributed by atoms with E-state index in [0.717, 1.165) is 44.3 Å². The fourth-order valence-corrected chi connectivity index (χ4v) is 4.02. The second-order valence-electron chi connectivity index (χ2n) is 6.43. The van der Waals surface area contributed by atoms with Gasteiger partial charge in [-0.1, -0.05) is 24.6 Å². The Labute approximate surface area is 146 Å². The van der Waals surface area contributed by atoms with Gasteiger partial charge < -0.3 is 10.1 Å². The number of hydrogen-bond donors (Lipinski definition) is 1. The lowest BCUT2D eigenvalue weighted by Gasteiger charge is -2.32. The number of ether oxygens (including phenoxy) is 1. The first-order valence-electron chi connectivity index (χ1n) is 8.73. The number of rotatable bonds is 7. The van der Waals surface area contributed by atoms with Gasteiger partial charge in [-0.2, -0.15) is 0 Å². The minimum atomic E-state index is 0.0288. The Morgan fingerprint density at radius 3 is 2.88 bits per heavy atom. The molecule has 1 saturated carbocycles. The number of morpholine rings is 1. The van der Waals surface area contributed by atoms with Crippen LogP contribution in [0.5, 0.6) is 0 Å². The lowest BCUT2D eigenvalue weighted by Crippen LogP contribution is -2.47. The van der Waals surface area contributed by atoms with Crippen LogP contribution in [0.4, 0.5) is 0 Å². The van der Waals surface area contributed by atoms with Gasteiger partial charge in [-0.15, -0.1) is 5.10 Å². The number of hydrogen-bond acceptors (Lipinski definition) is 7. The van der Waals surface area contributed by atoms with E-state index < -0.39 is 0 Å². The third kappa shape index (κ3) is 4.67. The van der Waals surface area contributed by atoms with E-state index in [1.54, 1.807) is 0 Å². The van der Waals surface area contributed by atoms with Crippen molar-refractivity contribution < 1.29 is 9.53 Å². The number of thioether (sulfide) groups is 1. The maximum Gasteiger partial charge on any atom is 0.230 e. The molecule has 3 rings (SSSR count). The van der Waals surface area contributed by atoms with E-state index in [1.807, 2.05) is 4.68 Å². The smallest absolute Gasteiger partial charge is 0.230 e. The third-order valence-electron chi connectivity index (χ3n) is 4.73. The van der Waals surface area contributed by atoms with Gasteiger partial charge >= 0.3 is 0 Å². The van der Waals surface area contributed by atoms with E-state index in [1.165, 1.54) is 24.6 Å². The van der Waals surface area contributed by atoms with Gasteiger partial charge in [0.25, 0.3) is 0 Å². The Balaban J connectivity index is 1.40. The highest BCUT2D eigenvalue weighted by molar-refractivity contribution is 7.99. The largest absolute Gasteiger partial charge is 0.379 e. The second kappa shape index (κ2) is 8.77. The van der Waals surface area contributed by atoms with Crippen LogP contribution in [0.25, 0.3) is 0 Å². The van der Waals surface area contributed by atoms with Crippen LogP contribution in [0.1, 0.15) is 38.6 Å². The number of nitrogens with one attached hydrogen (secondary N) is 1. The molecule has 2 aliphatic rings. The molecule has 1 atom stereocenters. The summed E-state index contributed by atoms with van der Waals surface area (Å²) in [7, 11) is 0. The summed E-state index contributed by atoms with van der Waals surface area (Å²) >= 11 is 1.42. The molecular formula is C15H26N6O2S. The number of carbonyl (C=O) groups is 1. The number of amides is 1. The summed E-state index contributed by atoms with van der Waals surface area (Å²) in [6.45, 7) is 6.21. The standard InChI is InChI=1S/C15H26N6O2S/c1-12(20-6-8-23-9-7-20)10-16-14(22)11-24-15-17-18-19-21(15)13-4-2-3-5-13/h12-13H,2-11H2,1H3,(H,16,22). The maximum absolute atomic E-state index is 12.1. The van der Waals surface area contributed by atoms with Crippen molar-refractivity contribution in [2.75, 3.05) is 38.6 Å². The number of nitrogens with zero attached hydrogens (tertiary/aromatic N) is 5. The zero-order chi connectivity index (χ0) is 16.8. The topological polar surface area (TPSA) is 85.2 Å². The molecule has 0 aromatic carbocycles. The van der Waals surface area contributed by atoms with Gasteiger partial charge in [-0.05, 0) is 30.2 Å². The third-order valence-corrected chi connectivity index (χ3v) is 5.66. The zero-order valence-electron chi connectivity index (χ0n) is 14.2. The molecule has 1 aliphatic carbocycles. The van der Waals surface area contributed by atoms with E-state index in [9.17, 15) is 4.79 Å². The first-order valence-corrected chi connectivity index (χ1v) is 9.72. The molecule has 1 aromatic heterocycles. The van der Waals surface area contributed by atoms with Crippen LogP contribution in [0, 0.1) is 0 Å². The van der Waals surface area contributed by atoms with Crippen molar-refractivity contribution in [1.29, 1.82) is 0 Å². The maximum atomic E-state index is 12.1. The lowest BCUT2D eigenvalue weighted by molar-refractivity contribution is -0.118. The first-order chi connectivity index (χ1) is 11.7. The highest BCUT2D eigenvalue weighted by Crippen LogP contribution is 2.31. The molecule has 1 aromatic rings. The Kier molecular flexibility index (Phi) is 6.44. The van der Waals surface area contributed by atoms with Gasteiger partial charge in [0.2, 0.25) is 11.1 Å². The molecular weight excluding hydrogens is 328 g/mol. The fraction of sp³-hybridized carbons (Fsp3) is 0.867. The molecule has 9 heteroatoms. The van der Waals surface area contributed by atoms with E-state index in [2.05, 4.69) is 32.7 Å². The van der Waals surface area contributed by atoms with Gasteiger partial charge in [0.05, 0.1) is 25.0 Å². The molecule has 134 valence electrons. The summed E-state index contributed by atoms with van der Waals surface area (Å²) in [5.41, 5.74) is 0. The second-order valence-corrected chi connectivity index (χ2v) is 7.38. The van der Waals surface area contributed by atoms with Gasteiger partial charge in [-0.25, -0.2) is 4.68 Å². The van der Waals surface area contributed by atoms with Crippen molar-refractivity contribution in [1.82, 2.24) is 30.4 Å². The molecule has 0 bridgehead atoms.